The van der Waals surface area contributed by atoms with Gasteiger partial charge in [0.1, 0.15) is 0 Å². The van der Waals surface area contributed by atoms with Crippen molar-refractivity contribution in [2.75, 3.05) is 20.2 Å². The molecular formula is C16H17N3O3. The summed E-state index contributed by atoms with van der Waals surface area (Å²) in [6.45, 7) is 0.784. The highest BCUT2D eigenvalue weighted by Gasteiger charge is 2.13. The van der Waals surface area contributed by atoms with Crippen molar-refractivity contribution < 1.29 is 14.6 Å². The predicted molar refractivity (Wildman–Crippen MR) is 83.7 cm³/mol. The zero-order valence-electron chi connectivity index (χ0n) is 12.2. The number of para-hydroxylation sites is 1. The van der Waals surface area contributed by atoms with Crippen LogP contribution >= 0.6 is 0 Å². The number of rotatable bonds is 6. The van der Waals surface area contributed by atoms with Gasteiger partial charge in [-0.15, -0.1) is 0 Å². The van der Waals surface area contributed by atoms with Crippen LogP contribution in [0.25, 0.3) is 0 Å². The van der Waals surface area contributed by atoms with Crippen LogP contribution in [0, 0.1) is 0 Å². The number of pyridine rings is 1. The van der Waals surface area contributed by atoms with E-state index in [-0.39, 0.29) is 23.0 Å². The quantitative estimate of drug-likeness (QED) is 0.627. The Balaban J connectivity index is 1.85. The molecule has 22 heavy (non-hydrogen) atoms. The highest BCUT2D eigenvalue weighted by molar-refractivity contribution is 5.97. The third kappa shape index (κ3) is 4.05. The minimum atomic E-state index is -0.371. The molecule has 1 aromatic carbocycles. The second kappa shape index (κ2) is 7.78. The lowest BCUT2D eigenvalue weighted by Gasteiger charge is -2.08. The molecule has 0 saturated carbocycles. The first-order valence-electron chi connectivity index (χ1n) is 6.77. The van der Waals surface area contributed by atoms with Crippen molar-refractivity contribution in [2.45, 2.75) is 0 Å². The summed E-state index contributed by atoms with van der Waals surface area (Å²) < 4.78 is 4.97. The van der Waals surface area contributed by atoms with Gasteiger partial charge in [-0.1, -0.05) is 12.1 Å². The van der Waals surface area contributed by atoms with Gasteiger partial charge in [0.15, 0.2) is 11.5 Å². The fraction of sp³-hybridized carbons (Fsp3) is 0.188. The number of aromatic nitrogens is 1. The van der Waals surface area contributed by atoms with Crippen LogP contribution in [-0.4, -0.2) is 42.4 Å². The van der Waals surface area contributed by atoms with E-state index >= 15 is 0 Å². The molecule has 0 unspecified atom stereocenters. The van der Waals surface area contributed by atoms with Crippen molar-refractivity contribution in [3.8, 4) is 11.5 Å². The van der Waals surface area contributed by atoms with Crippen LogP contribution in [-0.2, 0) is 0 Å². The first-order chi connectivity index (χ1) is 10.7. The van der Waals surface area contributed by atoms with Crippen LogP contribution in [0.15, 0.2) is 47.6 Å². The maximum atomic E-state index is 12.0. The Morgan fingerprint density at radius 2 is 2.23 bits per heavy atom. The second-order valence-electron chi connectivity index (χ2n) is 4.40. The smallest absolute Gasteiger partial charge is 0.255 e. The van der Waals surface area contributed by atoms with Gasteiger partial charge in [0.2, 0.25) is 0 Å². The van der Waals surface area contributed by atoms with Gasteiger partial charge in [0.25, 0.3) is 5.91 Å². The number of amides is 1. The van der Waals surface area contributed by atoms with Crippen LogP contribution in [0.5, 0.6) is 11.5 Å². The van der Waals surface area contributed by atoms with E-state index < -0.39 is 0 Å². The zero-order chi connectivity index (χ0) is 15.8. The first-order valence-corrected chi connectivity index (χ1v) is 6.77. The molecule has 0 aliphatic carbocycles. The molecule has 2 N–H and O–H groups in total. The lowest BCUT2D eigenvalue weighted by Crippen LogP contribution is -2.26. The Kier molecular flexibility index (Phi) is 5.48. The summed E-state index contributed by atoms with van der Waals surface area (Å²) in [4.78, 5) is 20.3. The summed E-state index contributed by atoms with van der Waals surface area (Å²) in [7, 11) is 1.43. The van der Waals surface area contributed by atoms with Gasteiger partial charge in [-0.2, -0.15) is 0 Å². The van der Waals surface area contributed by atoms with E-state index in [0.717, 1.165) is 5.69 Å². The highest BCUT2D eigenvalue weighted by atomic mass is 16.5. The van der Waals surface area contributed by atoms with Crippen LogP contribution in [0.2, 0.25) is 0 Å². The van der Waals surface area contributed by atoms with Gasteiger partial charge >= 0.3 is 0 Å². The Bertz CT molecular complexity index is 657. The second-order valence-corrected chi connectivity index (χ2v) is 4.40. The number of methoxy groups -OCH3 is 1. The van der Waals surface area contributed by atoms with Crippen molar-refractivity contribution in [1.29, 1.82) is 0 Å². The molecule has 0 fully saturated rings. The molecular weight excluding hydrogens is 282 g/mol. The monoisotopic (exact) mass is 299 g/mol. The maximum absolute atomic E-state index is 12.0. The average Bonchev–Trinajstić information content (AvgIpc) is 2.55. The molecule has 0 aliphatic heterocycles. The molecule has 0 atom stereocenters. The first kappa shape index (κ1) is 15.5. The lowest BCUT2D eigenvalue weighted by molar-refractivity contribution is 0.0951. The molecule has 6 nitrogen and oxygen atoms in total. The standard InChI is InChI=1S/C16H17N3O3/c1-22-14-7-4-6-13(15(14)20)16(21)19-10-9-17-11-12-5-2-3-8-18-12/h2-8,11,20H,9-10H2,1H3,(H,19,21). The summed E-state index contributed by atoms with van der Waals surface area (Å²) in [5.41, 5.74) is 0.937. The lowest BCUT2D eigenvalue weighted by atomic mass is 10.1. The van der Waals surface area contributed by atoms with Crippen LogP contribution in [0.1, 0.15) is 16.1 Å². The zero-order valence-corrected chi connectivity index (χ0v) is 12.2. The molecule has 1 aromatic heterocycles. The van der Waals surface area contributed by atoms with Gasteiger partial charge in [-0.05, 0) is 24.3 Å². The number of ether oxygens (including phenoxy) is 1. The largest absolute Gasteiger partial charge is 0.504 e. The van der Waals surface area contributed by atoms with Crippen molar-refractivity contribution in [3.63, 3.8) is 0 Å². The van der Waals surface area contributed by atoms with Gasteiger partial charge < -0.3 is 15.2 Å². The fourth-order valence-corrected chi connectivity index (χ4v) is 1.81. The van der Waals surface area contributed by atoms with Gasteiger partial charge in [-0.3, -0.25) is 14.8 Å². The SMILES string of the molecule is COc1cccc(C(=O)NCCN=Cc2ccccn2)c1O. The minimum Gasteiger partial charge on any atom is -0.504 e. The van der Waals surface area contributed by atoms with E-state index in [1.165, 1.54) is 13.2 Å². The Morgan fingerprint density at radius 1 is 1.36 bits per heavy atom. The Morgan fingerprint density at radius 3 is 2.95 bits per heavy atom. The van der Waals surface area contributed by atoms with Crippen molar-refractivity contribution in [3.05, 3.63) is 53.9 Å². The van der Waals surface area contributed by atoms with Gasteiger partial charge in [0.05, 0.1) is 24.9 Å². The molecule has 0 radical (unpaired) electrons. The Hall–Kier alpha value is -2.89. The van der Waals surface area contributed by atoms with Crippen LogP contribution in [0.4, 0.5) is 0 Å². The number of hydrogen-bond donors (Lipinski definition) is 2. The number of phenolic OH excluding ortho intramolecular Hbond substituents is 1. The van der Waals surface area contributed by atoms with E-state index in [4.69, 9.17) is 4.74 Å². The predicted octanol–water partition coefficient (Wildman–Crippen LogP) is 1.64. The third-order valence-electron chi connectivity index (χ3n) is 2.90. The molecule has 114 valence electrons. The Labute approximate surface area is 128 Å². The molecule has 2 aromatic rings. The summed E-state index contributed by atoms with van der Waals surface area (Å²) in [6, 6.07) is 10.3. The van der Waals surface area contributed by atoms with Gasteiger partial charge in [-0.25, -0.2) is 0 Å². The van der Waals surface area contributed by atoms with E-state index in [0.29, 0.717) is 13.1 Å². The molecule has 0 bridgehead atoms. The average molecular weight is 299 g/mol. The summed E-state index contributed by atoms with van der Waals surface area (Å²) >= 11 is 0. The number of carbonyl (C=O) groups excluding carboxylic acids is 1. The topological polar surface area (TPSA) is 83.8 Å². The molecule has 1 heterocycles. The number of aliphatic imine (C=N–C) groups is 1. The van der Waals surface area contributed by atoms with E-state index in [2.05, 4.69) is 15.3 Å². The number of hydrogen-bond acceptors (Lipinski definition) is 5. The molecule has 0 saturated heterocycles. The number of nitrogens with one attached hydrogen (secondary N) is 1. The molecule has 1 amide bonds. The molecule has 0 spiro atoms. The van der Waals surface area contributed by atoms with Crippen LogP contribution in [0.3, 0.4) is 0 Å². The molecule has 6 heteroatoms. The van der Waals surface area contributed by atoms with Crippen molar-refractivity contribution >= 4 is 12.1 Å². The highest BCUT2D eigenvalue weighted by Crippen LogP contribution is 2.28. The maximum Gasteiger partial charge on any atom is 0.255 e. The summed E-state index contributed by atoms with van der Waals surface area (Å²) in [6.07, 6.45) is 3.34. The van der Waals surface area contributed by atoms with Crippen LogP contribution < -0.4 is 10.1 Å². The summed E-state index contributed by atoms with van der Waals surface area (Å²) in [5.74, 6) is -0.273. The number of nitrogens with zero attached hydrogens (tertiary/aromatic N) is 2. The van der Waals surface area contributed by atoms with Crippen molar-refractivity contribution in [2.24, 2.45) is 4.99 Å². The summed E-state index contributed by atoms with van der Waals surface area (Å²) in [5, 5.41) is 12.6. The number of aromatic hydroxyl groups is 1. The van der Waals surface area contributed by atoms with E-state index in [1.54, 1.807) is 24.5 Å². The van der Waals surface area contributed by atoms with E-state index in [9.17, 15) is 9.90 Å². The number of carbonyl (C=O) groups is 1. The minimum absolute atomic E-state index is 0.167. The van der Waals surface area contributed by atoms with Gasteiger partial charge in [0, 0.05) is 19.0 Å². The third-order valence-corrected chi connectivity index (χ3v) is 2.90. The normalized spacial score (nSPS) is 10.6. The molecule has 0 aliphatic rings. The molecule has 2 rings (SSSR count). The number of phenols is 1. The fourth-order valence-electron chi connectivity index (χ4n) is 1.81. The number of benzene rings is 1. The van der Waals surface area contributed by atoms with E-state index in [1.807, 2.05) is 18.2 Å². The van der Waals surface area contributed by atoms with Crippen molar-refractivity contribution in [1.82, 2.24) is 10.3 Å².